The number of benzene rings is 1. The van der Waals surface area contributed by atoms with E-state index in [2.05, 4.69) is 19.2 Å². The summed E-state index contributed by atoms with van der Waals surface area (Å²) >= 11 is 1.89. The zero-order chi connectivity index (χ0) is 15.3. The molecule has 3 N–H and O–H groups in total. The second-order valence-corrected chi connectivity index (χ2v) is 7.44. The molecular weight excluding hydrogens is 280 g/mol. The van der Waals surface area contributed by atoms with Crippen LogP contribution in [-0.2, 0) is 10.3 Å². The molecule has 116 valence electrons. The van der Waals surface area contributed by atoms with Gasteiger partial charge in [0.1, 0.15) is 5.54 Å². The molecule has 1 aromatic rings. The van der Waals surface area contributed by atoms with Gasteiger partial charge >= 0.3 is 0 Å². The summed E-state index contributed by atoms with van der Waals surface area (Å²) < 4.78 is 0. The first kappa shape index (κ1) is 16.4. The monoisotopic (exact) mass is 306 g/mol. The number of carbonyl (C=O) groups excluding carboxylic acids is 1. The van der Waals surface area contributed by atoms with Crippen LogP contribution in [0, 0.1) is 0 Å². The molecule has 3 nitrogen and oxygen atoms in total. The third kappa shape index (κ3) is 4.01. The second kappa shape index (κ2) is 7.32. The third-order valence-corrected chi connectivity index (χ3v) is 5.60. The van der Waals surface area contributed by atoms with Crippen LogP contribution >= 0.6 is 11.8 Å². The lowest BCUT2D eigenvalue weighted by Crippen LogP contribution is -2.57. The molecule has 1 aliphatic carbocycles. The number of hydrogen-bond acceptors (Lipinski definition) is 3. The molecular formula is C17H26N2OS. The van der Waals surface area contributed by atoms with Crippen molar-refractivity contribution in [1.29, 1.82) is 0 Å². The lowest BCUT2D eigenvalue weighted by atomic mass is 9.90. The van der Waals surface area contributed by atoms with Crippen molar-refractivity contribution in [3.63, 3.8) is 0 Å². The molecule has 0 aromatic heterocycles. The van der Waals surface area contributed by atoms with Crippen LogP contribution in [0.4, 0.5) is 0 Å². The molecule has 1 aromatic carbocycles. The van der Waals surface area contributed by atoms with Gasteiger partial charge in [-0.3, -0.25) is 10.1 Å². The summed E-state index contributed by atoms with van der Waals surface area (Å²) in [5.41, 5.74) is 6.02. The molecule has 0 aliphatic heterocycles. The first-order valence-electron chi connectivity index (χ1n) is 7.79. The molecule has 2 rings (SSSR count). The molecule has 1 saturated carbocycles. The maximum Gasteiger partial charge on any atom is 0.243 e. The van der Waals surface area contributed by atoms with Gasteiger partial charge in [-0.2, -0.15) is 11.8 Å². The van der Waals surface area contributed by atoms with Crippen LogP contribution in [0.15, 0.2) is 30.3 Å². The smallest absolute Gasteiger partial charge is 0.243 e. The normalized spacial score (nSPS) is 18.8. The Bertz CT molecular complexity index is 457. The lowest BCUT2D eigenvalue weighted by molar-refractivity contribution is -0.124. The van der Waals surface area contributed by atoms with Crippen molar-refractivity contribution in [3.05, 3.63) is 35.9 Å². The van der Waals surface area contributed by atoms with Gasteiger partial charge in [-0.05, 0) is 32.3 Å². The van der Waals surface area contributed by atoms with Gasteiger partial charge in [-0.25, -0.2) is 0 Å². The Morgan fingerprint density at radius 3 is 2.48 bits per heavy atom. The van der Waals surface area contributed by atoms with Crippen LogP contribution in [0.2, 0.25) is 0 Å². The fourth-order valence-corrected chi connectivity index (χ4v) is 4.55. The standard InChI is InChI=1S/C17H26N2OS/c1-13(2)19-17(16(18)20,14-8-4-3-5-9-14)12-21-15-10-6-7-11-15/h3-5,8-9,13,15,19H,6-7,10-12H2,1-2H3,(H2,18,20). The Balaban J connectivity index is 2.24. The molecule has 4 heteroatoms. The summed E-state index contributed by atoms with van der Waals surface area (Å²) in [6.07, 6.45) is 5.14. The van der Waals surface area contributed by atoms with Gasteiger partial charge in [-0.1, -0.05) is 43.2 Å². The van der Waals surface area contributed by atoms with Crippen LogP contribution in [0.5, 0.6) is 0 Å². The van der Waals surface area contributed by atoms with Crippen molar-refractivity contribution in [2.45, 2.75) is 56.4 Å². The number of nitrogens with two attached hydrogens (primary N) is 1. The highest BCUT2D eigenvalue weighted by atomic mass is 32.2. The average Bonchev–Trinajstić information content (AvgIpc) is 2.97. The van der Waals surface area contributed by atoms with Gasteiger partial charge in [0.05, 0.1) is 0 Å². The highest BCUT2D eigenvalue weighted by molar-refractivity contribution is 8.00. The Labute approximate surface area is 132 Å². The first-order chi connectivity index (χ1) is 10.0. The Morgan fingerprint density at radius 1 is 1.33 bits per heavy atom. The van der Waals surface area contributed by atoms with E-state index in [1.54, 1.807) is 0 Å². The quantitative estimate of drug-likeness (QED) is 0.814. The Kier molecular flexibility index (Phi) is 5.71. The SMILES string of the molecule is CC(C)NC(CSC1CCCC1)(C(N)=O)c1ccccc1. The minimum absolute atomic E-state index is 0.196. The molecule has 0 radical (unpaired) electrons. The van der Waals surface area contributed by atoms with E-state index in [0.717, 1.165) is 5.56 Å². The zero-order valence-corrected chi connectivity index (χ0v) is 13.8. The van der Waals surface area contributed by atoms with E-state index in [1.807, 2.05) is 42.1 Å². The molecule has 1 aliphatic rings. The predicted octanol–water partition coefficient (Wildman–Crippen LogP) is 3.04. The molecule has 1 unspecified atom stereocenters. The number of rotatable bonds is 7. The van der Waals surface area contributed by atoms with E-state index in [-0.39, 0.29) is 11.9 Å². The van der Waals surface area contributed by atoms with Gasteiger partial charge in [0.2, 0.25) is 5.91 Å². The van der Waals surface area contributed by atoms with Crippen molar-refractivity contribution in [1.82, 2.24) is 5.32 Å². The highest BCUT2D eigenvalue weighted by Crippen LogP contribution is 2.34. The van der Waals surface area contributed by atoms with E-state index in [1.165, 1.54) is 25.7 Å². The number of primary amides is 1. The number of hydrogen-bond donors (Lipinski definition) is 2. The van der Waals surface area contributed by atoms with Crippen LogP contribution in [0.1, 0.15) is 45.1 Å². The molecule has 0 spiro atoms. The van der Waals surface area contributed by atoms with Gasteiger partial charge in [0.15, 0.2) is 0 Å². The van der Waals surface area contributed by atoms with Crippen molar-refractivity contribution >= 4 is 17.7 Å². The van der Waals surface area contributed by atoms with Crippen molar-refractivity contribution in [2.75, 3.05) is 5.75 Å². The van der Waals surface area contributed by atoms with E-state index in [0.29, 0.717) is 11.0 Å². The largest absolute Gasteiger partial charge is 0.368 e. The van der Waals surface area contributed by atoms with Crippen LogP contribution < -0.4 is 11.1 Å². The Morgan fingerprint density at radius 2 is 1.95 bits per heavy atom. The maximum absolute atomic E-state index is 12.3. The number of nitrogens with one attached hydrogen (secondary N) is 1. The van der Waals surface area contributed by atoms with Crippen LogP contribution in [0.3, 0.4) is 0 Å². The molecule has 1 amide bonds. The molecule has 1 atom stereocenters. The Hall–Kier alpha value is -1.00. The average molecular weight is 306 g/mol. The fraction of sp³-hybridized carbons (Fsp3) is 0.588. The molecule has 1 fully saturated rings. The van der Waals surface area contributed by atoms with Gasteiger partial charge < -0.3 is 5.73 Å². The van der Waals surface area contributed by atoms with E-state index in [4.69, 9.17) is 5.73 Å². The topological polar surface area (TPSA) is 55.1 Å². The minimum atomic E-state index is -0.775. The molecule has 0 heterocycles. The molecule has 0 saturated heterocycles. The van der Waals surface area contributed by atoms with Crippen molar-refractivity contribution in [3.8, 4) is 0 Å². The van der Waals surface area contributed by atoms with E-state index < -0.39 is 5.54 Å². The van der Waals surface area contributed by atoms with Crippen LogP contribution in [0.25, 0.3) is 0 Å². The summed E-state index contributed by atoms with van der Waals surface area (Å²) in [7, 11) is 0. The number of amides is 1. The number of thioether (sulfide) groups is 1. The highest BCUT2D eigenvalue weighted by Gasteiger charge is 2.39. The van der Waals surface area contributed by atoms with Crippen molar-refractivity contribution < 1.29 is 4.79 Å². The van der Waals surface area contributed by atoms with E-state index in [9.17, 15) is 4.79 Å². The van der Waals surface area contributed by atoms with Crippen molar-refractivity contribution in [2.24, 2.45) is 5.73 Å². The molecule has 0 bridgehead atoms. The van der Waals surface area contributed by atoms with Gasteiger partial charge in [0, 0.05) is 17.0 Å². The fourth-order valence-electron chi connectivity index (χ4n) is 3.01. The summed E-state index contributed by atoms with van der Waals surface area (Å²) in [6.45, 7) is 4.11. The first-order valence-corrected chi connectivity index (χ1v) is 8.84. The molecule has 21 heavy (non-hydrogen) atoms. The van der Waals surface area contributed by atoms with Gasteiger partial charge in [0.25, 0.3) is 0 Å². The zero-order valence-electron chi connectivity index (χ0n) is 13.0. The minimum Gasteiger partial charge on any atom is -0.368 e. The lowest BCUT2D eigenvalue weighted by Gasteiger charge is -2.35. The van der Waals surface area contributed by atoms with Gasteiger partial charge in [-0.15, -0.1) is 0 Å². The predicted molar refractivity (Wildman–Crippen MR) is 90.3 cm³/mol. The number of carbonyl (C=O) groups is 1. The summed E-state index contributed by atoms with van der Waals surface area (Å²) in [4.78, 5) is 12.3. The van der Waals surface area contributed by atoms with Crippen LogP contribution in [-0.4, -0.2) is 23.0 Å². The summed E-state index contributed by atoms with van der Waals surface area (Å²) in [5, 5.41) is 4.11. The second-order valence-electron chi connectivity index (χ2n) is 6.15. The maximum atomic E-state index is 12.3. The third-order valence-electron chi connectivity index (χ3n) is 4.06. The summed E-state index contributed by atoms with van der Waals surface area (Å²) in [6, 6.07) is 10.1. The summed E-state index contributed by atoms with van der Waals surface area (Å²) in [5.74, 6) is 0.419. The van der Waals surface area contributed by atoms with E-state index >= 15 is 0 Å².